The lowest BCUT2D eigenvalue weighted by atomic mass is 10.2. The van der Waals surface area contributed by atoms with Crippen LogP contribution in [0.15, 0.2) is 24.3 Å². The number of carbonyl (C=O) groups excluding carboxylic acids is 1. The molecule has 1 amide bonds. The molecule has 148 valence electrons. The van der Waals surface area contributed by atoms with E-state index in [0.717, 1.165) is 0 Å². The fourth-order valence-corrected chi connectivity index (χ4v) is 3.33. The van der Waals surface area contributed by atoms with Crippen molar-refractivity contribution in [3.05, 3.63) is 24.3 Å². The van der Waals surface area contributed by atoms with E-state index < -0.39 is 18.6 Å². The molecule has 0 aliphatic carbocycles. The zero-order chi connectivity index (χ0) is 19.6. The van der Waals surface area contributed by atoms with Crippen LogP contribution in [0, 0.1) is 0 Å². The number of para-hydroxylation sites is 2. The minimum Gasteiger partial charge on any atom is -0.372 e. The first-order chi connectivity index (χ1) is 12.7. The van der Waals surface area contributed by atoms with E-state index in [4.69, 9.17) is 4.74 Å². The first-order valence-corrected chi connectivity index (χ1v) is 8.97. The fraction of sp³-hybridized carbons (Fsp3) is 0.556. The van der Waals surface area contributed by atoms with Crippen LogP contribution in [0.2, 0.25) is 0 Å². The lowest BCUT2D eigenvalue weighted by Crippen LogP contribution is -2.47. The molecule has 1 aliphatic heterocycles. The number of imidazole rings is 1. The van der Waals surface area contributed by atoms with E-state index in [0.29, 0.717) is 30.1 Å². The van der Waals surface area contributed by atoms with E-state index in [1.54, 1.807) is 18.2 Å². The highest BCUT2D eigenvalue weighted by atomic mass is 19.4. The van der Waals surface area contributed by atoms with Crippen LogP contribution < -0.4 is 10.2 Å². The number of amides is 1. The quantitative estimate of drug-likeness (QED) is 0.819. The molecule has 9 heteroatoms. The van der Waals surface area contributed by atoms with Gasteiger partial charge in [-0.25, -0.2) is 14.3 Å². The summed E-state index contributed by atoms with van der Waals surface area (Å²) in [6.07, 6.45) is -5.35. The maximum absolute atomic E-state index is 12.7. The summed E-state index contributed by atoms with van der Waals surface area (Å²) in [4.78, 5) is 19.3. The van der Waals surface area contributed by atoms with Crippen LogP contribution in [0.3, 0.4) is 0 Å². The van der Waals surface area contributed by atoms with E-state index in [1.165, 1.54) is 4.57 Å². The summed E-state index contributed by atoms with van der Waals surface area (Å²) in [5.41, 5.74) is 1.28. The number of aromatic nitrogens is 2. The van der Waals surface area contributed by atoms with E-state index in [2.05, 4.69) is 10.3 Å². The SMILES string of the molecule is C[C@@H]1CN(c2nc3ccccc3n2C(=O)NCCCC(F)(F)F)C[C@H](C)O1. The Bertz CT molecular complexity index is 795. The number of alkyl halides is 3. The minimum absolute atomic E-state index is 0.0168. The van der Waals surface area contributed by atoms with Crippen LogP contribution in [0.5, 0.6) is 0 Å². The normalized spacial score (nSPS) is 20.9. The average Bonchev–Trinajstić information content (AvgIpc) is 2.96. The maximum Gasteiger partial charge on any atom is 0.389 e. The van der Waals surface area contributed by atoms with Crippen LogP contribution in [0.1, 0.15) is 26.7 Å². The molecule has 1 saturated heterocycles. The zero-order valence-electron chi connectivity index (χ0n) is 15.3. The number of nitrogens with one attached hydrogen (secondary N) is 1. The van der Waals surface area contributed by atoms with Crippen molar-refractivity contribution in [2.45, 2.75) is 45.1 Å². The molecule has 3 rings (SSSR count). The third kappa shape index (κ3) is 4.71. The van der Waals surface area contributed by atoms with Crippen molar-refractivity contribution < 1.29 is 22.7 Å². The highest BCUT2D eigenvalue weighted by Crippen LogP contribution is 2.25. The number of carbonyl (C=O) groups is 1. The zero-order valence-corrected chi connectivity index (χ0v) is 15.3. The molecule has 1 N–H and O–H groups in total. The molecular formula is C18H23F3N4O2. The lowest BCUT2D eigenvalue weighted by Gasteiger charge is -2.35. The maximum atomic E-state index is 12.7. The van der Waals surface area contributed by atoms with Crippen molar-refractivity contribution in [1.29, 1.82) is 0 Å². The highest BCUT2D eigenvalue weighted by Gasteiger charge is 2.29. The first kappa shape index (κ1) is 19.5. The molecule has 0 bridgehead atoms. The van der Waals surface area contributed by atoms with E-state index >= 15 is 0 Å². The molecule has 27 heavy (non-hydrogen) atoms. The number of anilines is 1. The van der Waals surface area contributed by atoms with Gasteiger partial charge in [0.1, 0.15) is 0 Å². The smallest absolute Gasteiger partial charge is 0.372 e. The number of morpholine rings is 1. The first-order valence-electron chi connectivity index (χ1n) is 8.97. The number of hydrogen-bond acceptors (Lipinski definition) is 4. The van der Waals surface area contributed by atoms with Gasteiger partial charge in [0.05, 0.1) is 23.2 Å². The van der Waals surface area contributed by atoms with Crippen molar-refractivity contribution >= 4 is 23.0 Å². The Kier molecular flexibility index (Phi) is 5.59. The summed E-state index contributed by atoms with van der Waals surface area (Å²) >= 11 is 0. The third-order valence-electron chi connectivity index (χ3n) is 4.36. The number of ether oxygens (including phenoxy) is 1. The second-order valence-electron chi connectivity index (χ2n) is 6.85. The van der Waals surface area contributed by atoms with Crippen LogP contribution >= 0.6 is 0 Å². The van der Waals surface area contributed by atoms with Crippen LogP contribution in [-0.2, 0) is 4.74 Å². The van der Waals surface area contributed by atoms with Crippen molar-refractivity contribution in [1.82, 2.24) is 14.9 Å². The summed E-state index contributed by atoms with van der Waals surface area (Å²) in [6.45, 7) is 5.00. The topological polar surface area (TPSA) is 59.4 Å². The molecule has 0 unspecified atom stereocenters. The predicted molar refractivity (Wildman–Crippen MR) is 96.0 cm³/mol. The largest absolute Gasteiger partial charge is 0.389 e. The lowest BCUT2D eigenvalue weighted by molar-refractivity contribution is -0.135. The molecule has 1 aromatic carbocycles. The predicted octanol–water partition coefficient (Wildman–Crippen LogP) is 3.55. The number of fused-ring (bicyclic) bond motifs is 1. The number of halogens is 3. The Labute approximate surface area is 155 Å². The Morgan fingerprint density at radius 3 is 2.59 bits per heavy atom. The molecule has 1 aromatic heterocycles. The van der Waals surface area contributed by atoms with Gasteiger partial charge in [0.15, 0.2) is 0 Å². The molecule has 2 atom stereocenters. The fourth-order valence-electron chi connectivity index (χ4n) is 3.33. The van der Waals surface area contributed by atoms with Gasteiger partial charge >= 0.3 is 12.2 Å². The molecule has 0 saturated carbocycles. The molecule has 1 aliphatic rings. The molecular weight excluding hydrogens is 361 g/mol. The van der Waals surface area contributed by atoms with Gasteiger partial charge < -0.3 is 15.0 Å². The Hall–Kier alpha value is -2.29. The highest BCUT2D eigenvalue weighted by molar-refractivity contribution is 5.93. The third-order valence-corrected chi connectivity index (χ3v) is 4.36. The molecule has 6 nitrogen and oxygen atoms in total. The summed E-state index contributed by atoms with van der Waals surface area (Å²) in [7, 11) is 0. The summed E-state index contributed by atoms with van der Waals surface area (Å²) in [5, 5.41) is 2.58. The Morgan fingerprint density at radius 1 is 1.26 bits per heavy atom. The second kappa shape index (κ2) is 7.75. The molecule has 2 heterocycles. The van der Waals surface area contributed by atoms with Gasteiger partial charge in [0, 0.05) is 26.1 Å². The summed E-state index contributed by atoms with van der Waals surface area (Å²) in [6, 6.07) is 6.72. The van der Waals surface area contributed by atoms with Crippen molar-refractivity contribution in [3.8, 4) is 0 Å². The number of nitrogens with zero attached hydrogens (tertiary/aromatic N) is 3. The van der Waals surface area contributed by atoms with Gasteiger partial charge in [0.2, 0.25) is 5.95 Å². The molecule has 0 radical (unpaired) electrons. The van der Waals surface area contributed by atoms with Crippen molar-refractivity contribution in [2.24, 2.45) is 0 Å². The average molecular weight is 384 g/mol. The van der Waals surface area contributed by atoms with E-state index in [1.807, 2.05) is 24.8 Å². The van der Waals surface area contributed by atoms with Crippen LogP contribution in [0.25, 0.3) is 11.0 Å². The van der Waals surface area contributed by atoms with Gasteiger partial charge in [-0.2, -0.15) is 13.2 Å². The summed E-state index contributed by atoms with van der Waals surface area (Å²) in [5.74, 6) is 0.478. The summed E-state index contributed by atoms with van der Waals surface area (Å²) < 4.78 is 44.1. The number of rotatable bonds is 4. The monoisotopic (exact) mass is 384 g/mol. The van der Waals surface area contributed by atoms with Crippen molar-refractivity contribution in [3.63, 3.8) is 0 Å². The van der Waals surface area contributed by atoms with Crippen LogP contribution in [0.4, 0.5) is 23.9 Å². The Balaban J connectivity index is 1.83. The molecule has 1 fully saturated rings. The van der Waals surface area contributed by atoms with Crippen molar-refractivity contribution in [2.75, 3.05) is 24.5 Å². The second-order valence-corrected chi connectivity index (χ2v) is 6.85. The van der Waals surface area contributed by atoms with Crippen LogP contribution in [-0.4, -0.2) is 53.6 Å². The van der Waals surface area contributed by atoms with Gasteiger partial charge in [-0.3, -0.25) is 0 Å². The van der Waals surface area contributed by atoms with Gasteiger partial charge in [-0.15, -0.1) is 0 Å². The minimum atomic E-state index is -4.22. The Morgan fingerprint density at radius 2 is 1.93 bits per heavy atom. The van der Waals surface area contributed by atoms with Gasteiger partial charge in [-0.1, -0.05) is 12.1 Å². The standard InChI is InChI=1S/C18H23F3N4O2/c1-12-10-24(11-13(2)27-12)16-23-14-6-3-4-7-15(14)25(16)17(26)22-9-5-8-18(19,20)21/h3-4,6-7,12-13H,5,8-11H2,1-2H3,(H,22,26)/t12-,13+. The molecule has 2 aromatic rings. The molecule has 0 spiro atoms. The van der Waals surface area contributed by atoms with E-state index in [9.17, 15) is 18.0 Å². The number of benzene rings is 1. The van der Waals surface area contributed by atoms with E-state index in [-0.39, 0.29) is 25.2 Å². The number of hydrogen-bond donors (Lipinski definition) is 1. The van der Waals surface area contributed by atoms with Gasteiger partial charge in [0.25, 0.3) is 0 Å². The van der Waals surface area contributed by atoms with Gasteiger partial charge in [-0.05, 0) is 32.4 Å².